The molecular formula is C17H20N4O4. The lowest BCUT2D eigenvalue weighted by molar-refractivity contribution is 0.0600. The zero-order valence-corrected chi connectivity index (χ0v) is 14.2. The van der Waals surface area contributed by atoms with Crippen LogP contribution in [-0.2, 0) is 24.8 Å². The van der Waals surface area contributed by atoms with Crippen LogP contribution >= 0.6 is 0 Å². The second-order valence-electron chi connectivity index (χ2n) is 6.04. The van der Waals surface area contributed by atoms with Gasteiger partial charge in [0.15, 0.2) is 0 Å². The highest BCUT2D eigenvalue weighted by molar-refractivity contribution is 5.98. The molecule has 2 aromatic rings. The molecule has 0 saturated carbocycles. The molecule has 8 heteroatoms. The Morgan fingerprint density at radius 3 is 2.80 bits per heavy atom. The molecule has 1 aromatic heterocycles. The number of fused-ring (bicyclic) bond motifs is 1. The van der Waals surface area contributed by atoms with E-state index >= 15 is 0 Å². The summed E-state index contributed by atoms with van der Waals surface area (Å²) in [4.78, 5) is 36.0. The van der Waals surface area contributed by atoms with E-state index in [0.717, 1.165) is 5.82 Å². The second kappa shape index (κ2) is 6.92. The van der Waals surface area contributed by atoms with E-state index in [2.05, 4.69) is 15.2 Å². The van der Waals surface area contributed by atoms with Gasteiger partial charge in [0.1, 0.15) is 5.82 Å². The van der Waals surface area contributed by atoms with Crippen LogP contribution in [0.25, 0.3) is 0 Å². The van der Waals surface area contributed by atoms with Gasteiger partial charge in [0.25, 0.3) is 5.91 Å². The molecule has 132 valence electrons. The predicted octanol–water partition coefficient (Wildman–Crippen LogP) is 0.503. The van der Waals surface area contributed by atoms with E-state index in [1.54, 1.807) is 29.8 Å². The molecule has 2 heterocycles. The molecule has 1 atom stereocenters. The first-order valence-corrected chi connectivity index (χ1v) is 8.11. The molecule has 0 aliphatic carbocycles. The highest BCUT2D eigenvalue weighted by atomic mass is 16.5. The zero-order valence-electron chi connectivity index (χ0n) is 14.2. The summed E-state index contributed by atoms with van der Waals surface area (Å²) >= 11 is 0. The molecule has 1 aliphatic heterocycles. The van der Waals surface area contributed by atoms with Gasteiger partial charge in [-0.2, -0.15) is 5.10 Å². The molecule has 0 radical (unpaired) electrons. The number of hydrogen-bond acceptors (Lipinski definition) is 5. The summed E-state index contributed by atoms with van der Waals surface area (Å²) in [5, 5.41) is 7.20. The first-order chi connectivity index (χ1) is 12.0. The molecule has 1 N–H and O–H groups in total. The molecule has 1 unspecified atom stereocenters. The molecule has 1 amide bonds. The van der Waals surface area contributed by atoms with Crippen LogP contribution in [0.5, 0.6) is 0 Å². The number of esters is 1. The van der Waals surface area contributed by atoms with Gasteiger partial charge < -0.3 is 10.1 Å². The first-order valence-electron chi connectivity index (χ1n) is 8.11. The van der Waals surface area contributed by atoms with E-state index < -0.39 is 5.97 Å². The van der Waals surface area contributed by atoms with E-state index in [1.807, 2.05) is 0 Å². The van der Waals surface area contributed by atoms with Crippen molar-refractivity contribution in [2.24, 2.45) is 7.05 Å². The number of nitrogens with zero attached hydrogens (tertiary/aromatic N) is 3. The Bertz CT molecular complexity index is 868. The number of carbonyl (C=O) groups excluding carboxylic acids is 2. The Labute approximate surface area is 144 Å². The Hall–Kier alpha value is -2.90. The molecule has 8 nitrogen and oxygen atoms in total. The van der Waals surface area contributed by atoms with Gasteiger partial charge in [0.05, 0.1) is 12.7 Å². The fourth-order valence-corrected chi connectivity index (χ4v) is 3.02. The molecule has 0 saturated heterocycles. The number of carbonyl (C=O) groups is 2. The minimum Gasteiger partial charge on any atom is -0.465 e. The van der Waals surface area contributed by atoms with Crippen molar-refractivity contribution >= 4 is 11.9 Å². The summed E-state index contributed by atoms with van der Waals surface area (Å²) in [6.45, 7) is 0.523. The van der Waals surface area contributed by atoms with Crippen LogP contribution in [0.15, 0.2) is 29.1 Å². The van der Waals surface area contributed by atoms with E-state index in [0.29, 0.717) is 36.9 Å². The summed E-state index contributed by atoms with van der Waals surface area (Å²) in [5.74, 6) is 0.0190. The van der Waals surface area contributed by atoms with Crippen molar-refractivity contribution in [1.82, 2.24) is 19.7 Å². The maximum absolute atomic E-state index is 12.5. The van der Waals surface area contributed by atoms with Gasteiger partial charge in [-0.05, 0) is 31.0 Å². The molecule has 0 bridgehead atoms. The second-order valence-corrected chi connectivity index (χ2v) is 6.04. The smallest absolute Gasteiger partial charge is 0.345 e. The summed E-state index contributed by atoms with van der Waals surface area (Å²) in [6, 6.07) is 6.36. The lowest BCUT2D eigenvalue weighted by atomic mass is 10.1. The van der Waals surface area contributed by atoms with Crippen molar-refractivity contribution < 1.29 is 14.3 Å². The van der Waals surface area contributed by atoms with E-state index in [9.17, 15) is 14.4 Å². The Balaban J connectivity index is 1.68. The Morgan fingerprint density at radius 2 is 2.04 bits per heavy atom. The monoisotopic (exact) mass is 344 g/mol. The average molecular weight is 344 g/mol. The fourth-order valence-electron chi connectivity index (χ4n) is 3.02. The summed E-state index contributed by atoms with van der Waals surface area (Å²) in [6.07, 6.45) is 1.99. The highest BCUT2D eigenvalue weighted by Crippen LogP contribution is 2.13. The zero-order chi connectivity index (χ0) is 18.0. The maximum Gasteiger partial charge on any atom is 0.345 e. The number of aryl methyl sites for hydroxylation is 2. The summed E-state index contributed by atoms with van der Waals surface area (Å²) < 4.78 is 7.67. The van der Waals surface area contributed by atoms with Gasteiger partial charge in [-0.25, -0.2) is 14.3 Å². The van der Waals surface area contributed by atoms with Crippen molar-refractivity contribution in [3.8, 4) is 0 Å². The van der Waals surface area contributed by atoms with Crippen LogP contribution in [0, 0.1) is 0 Å². The molecule has 1 aliphatic rings. The number of benzene rings is 1. The normalized spacial score (nSPS) is 16.6. The molecular weight excluding hydrogens is 324 g/mol. The van der Waals surface area contributed by atoms with Gasteiger partial charge in [0.2, 0.25) is 0 Å². The minimum absolute atomic E-state index is 0.0549. The number of ether oxygens (including phenoxy) is 1. The Kier molecular flexibility index (Phi) is 4.69. The lowest BCUT2D eigenvalue weighted by Crippen LogP contribution is -2.35. The summed E-state index contributed by atoms with van der Waals surface area (Å²) in [5.41, 5.74) is 0.605. The van der Waals surface area contributed by atoms with Crippen LogP contribution in [-0.4, -0.2) is 39.4 Å². The van der Waals surface area contributed by atoms with Crippen LogP contribution < -0.4 is 11.0 Å². The van der Waals surface area contributed by atoms with E-state index in [1.165, 1.54) is 17.9 Å². The highest BCUT2D eigenvalue weighted by Gasteiger charge is 2.22. The fraction of sp³-hybridized carbons (Fsp3) is 0.412. The van der Waals surface area contributed by atoms with Crippen molar-refractivity contribution in [2.45, 2.75) is 31.8 Å². The topological polar surface area (TPSA) is 95.2 Å². The minimum atomic E-state index is -0.481. The van der Waals surface area contributed by atoms with Crippen LogP contribution in [0.4, 0.5) is 0 Å². The molecule has 1 aromatic carbocycles. The number of amides is 1. The van der Waals surface area contributed by atoms with Crippen molar-refractivity contribution in [3.63, 3.8) is 0 Å². The van der Waals surface area contributed by atoms with Crippen LogP contribution in [0.1, 0.15) is 39.4 Å². The molecule has 25 heavy (non-hydrogen) atoms. The third kappa shape index (κ3) is 3.47. The number of methoxy groups -OCH3 is 1. The quantitative estimate of drug-likeness (QED) is 0.818. The molecule has 0 spiro atoms. The average Bonchev–Trinajstić information content (AvgIpc) is 2.78. The first kappa shape index (κ1) is 16.9. The van der Waals surface area contributed by atoms with Gasteiger partial charge in [-0.15, -0.1) is 0 Å². The number of aromatic nitrogens is 3. The van der Waals surface area contributed by atoms with E-state index in [-0.39, 0.29) is 17.6 Å². The maximum atomic E-state index is 12.5. The third-order valence-electron chi connectivity index (χ3n) is 4.38. The molecule has 0 fully saturated rings. The lowest BCUT2D eigenvalue weighted by Gasteiger charge is -2.16. The van der Waals surface area contributed by atoms with Crippen LogP contribution in [0.2, 0.25) is 0 Å². The standard InChI is InChI=1S/C17H20N4O4/c1-20-17(24)21-9-8-13(6-7-14(21)19-20)18-15(22)11-4-3-5-12(10-11)16(23)25-2/h3-5,10,13H,6-9H2,1-2H3,(H,18,22). The largest absolute Gasteiger partial charge is 0.465 e. The Morgan fingerprint density at radius 1 is 1.28 bits per heavy atom. The predicted molar refractivity (Wildman–Crippen MR) is 89.4 cm³/mol. The third-order valence-corrected chi connectivity index (χ3v) is 4.38. The van der Waals surface area contributed by atoms with Gasteiger partial charge in [-0.3, -0.25) is 9.36 Å². The number of nitrogens with one attached hydrogen (secondary N) is 1. The van der Waals surface area contributed by atoms with Gasteiger partial charge >= 0.3 is 11.7 Å². The number of rotatable bonds is 3. The van der Waals surface area contributed by atoms with Gasteiger partial charge in [-0.1, -0.05) is 6.07 Å². The van der Waals surface area contributed by atoms with Gasteiger partial charge in [0, 0.05) is 31.6 Å². The van der Waals surface area contributed by atoms with E-state index in [4.69, 9.17) is 0 Å². The number of hydrogen-bond donors (Lipinski definition) is 1. The van der Waals surface area contributed by atoms with Crippen molar-refractivity contribution in [1.29, 1.82) is 0 Å². The van der Waals surface area contributed by atoms with Crippen molar-refractivity contribution in [2.75, 3.05) is 7.11 Å². The summed E-state index contributed by atoms with van der Waals surface area (Å²) in [7, 11) is 2.94. The van der Waals surface area contributed by atoms with Crippen molar-refractivity contribution in [3.05, 3.63) is 51.7 Å². The SMILES string of the molecule is COC(=O)c1cccc(C(=O)NC2CCc3nn(C)c(=O)n3CC2)c1. The van der Waals surface area contributed by atoms with Crippen LogP contribution in [0.3, 0.4) is 0 Å². The molecule has 3 rings (SSSR count).